The fourth-order valence-corrected chi connectivity index (χ4v) is 4.97. The molecule has 0 aromatic heterocycles. The number of aliphatic imine (C=N–C) groups is 1. The van der Waals surface area contributed by atoms with E-state index < -0.39 is 0 Å². The molecule has 4 aliphatic rings. The van der Waals surface area contributed by atoms with Gasteiger partial charge in [-0.25, -0.2) is 4.79 Å². The molecule has 1 aliphatic carbocycles. The maximum Gasteiger partial charge on any atom is 0.322 e. The SMILES string of the molecule is C=C1CCCCCN2CCN(CCC(=NC3CCCCC3)NC2=O)Cc2ccc1cc2. The number of hydrogen-bond acceptors (Lipinski definition) is 3. The van der Waals surface area contributed by atoms with Crippen molar-refractivity contribution in [1.82, 2.24) is 15.1 Å². The predicted octanol–water partition coefficient (Wildman–Crippen LogP) is 5.22. The van der Waals surface area contributed by atoms with E-state index in [0.717, 1.165) is 83.5 Å². The average Bonchev–Trinajstić information content (AvgIpc) is 2.84. The maximum absolute atomic E-state index is 13.1. The molecular weight excluding hydrogens is 384 g/mol. The summed E-state index contributed by atoms with van der Waals surface area (Å²) in [6.45, 7) is 8.60. The van der Waals surface area contributed by atoms with Gasteiger partial charge in [0.15, 0.2) is 0 Å². The van der Waals surface area contributed by atoms with Crippen molar-refractivity contribution in [1.29, 1.82) is 0 Å². The number of benzene rings is 1. The molecule has 31 heavy (non-hydrogen) atoms. The third kappa shape index (κ3) is 6.42. The molecule has 3 aliphatic heterocycles. The van der Waals surface area contributed by atoms with Crippen LogP contribution in [0.4, 0.5) is 4.79 Å². The molecule has 4 bridgehead atoms. The van der Waals surface area contributed by atoms with Crippen molar-refractivity contribution in [2.75, 3.05) is 26.2 Å². The van der Waals surface area contributed by atoms with Gasteiger partial charge in [-0.2, -0.15) is 0 Å². The topological polar surface area (TPSA) is 47.9 Å². The first kappa shape index (κ1) is 22.1. The third-order valence-corrected chi connectivity index (χ3v) is 6.98. The van der Waals surface area contributed by atoms with Gasteiger partial charge in [0.25, 0.3) is 0 Å². The van der Waals surface area contributed by atoms with E-state index in [1.165, 1.54) is 36.0 Å². The summed E-state index contributed by atoms with van der Waals surface area (Å²) < 4.78 is 0. The molecule has 5 heteroatoms. The van der Waals surface area contributed by atoms with E-state index in [1.54, 1.807) is 0 Å². The lowest BCUT2D eigenvalue weighted by Crippen LogP contribution is -2.44. The molecule has 1 saturated carbocycles. The first-order valence-electron chi connectivity index (χ1n) is 12.3. The number of carbonyl (C=O) groups excluding carboxylic acids is 1. The standard InChI is InChI=1S/C26H38N4O/c1-21-8-4-3-7-16-30-19-18-29(20-22-11-13-23(21)14-12-22)17-15-25(28-26(30)31)27-24-9-5-2-6-10-24/h11-14,24H,1-10,15-20H2,(H,27,28,31). The molecular formula is C26H38N4O. The normalized spacial score (nSPS) is 26.0. The van der Waals surface area contributed by atoms with Crippen LogP contribution in [0.3, 0.4) is 0 Å². The van der Waals surface area contributed by atoms with Crippen molar-refractivity contribution >= 4 is 17.4 Å². The molecule has 3 heterocycles. The van der Waals surface area contributed by atoms with Crippen LogP contribution < -0.4 is 5.32 Å². The quantitative estimate of drug-likeness (QED) is 0.674. The first-order chi connectivity index (χ1) is 15.2. The summed E-state index contributed by atoms with van der Waals surface area (Å²) in [5, 5.41) is 3.19. The van der Waals surface area contributed by atoms with Crippen molar-refractivity contribution in [3.63, 3.8) is 0 Å². The van der Waals surface area contributed by atoms with Crippen LogP contribution >= 0.6 is 0 Å². The Labute approximate surface area is 187 Å². The van der Waals surface area contributed by atoms with E-state index in [9.17, 15) is 4.79 Å². The van der Waals surface area contributed by atoms with Crippen molar-refractivity contribution in [2.45, 2.75) is 76.8 Å². The van der Waals surface area contributed by atoms with Crippen LogP contribution in [0.15, 0.2) is 35.8 Å². The largest absolute Gasteiger partial charge is 0.323 e. The Morgan fingerprint density at radius 1 is 0.871 bits per heavy atom. The number of rotatable bonds is 1. The fraction of sp³-hybridized carbons (Fsp3) is 0.615. The maximum atomic E-state index is 13.1. The Morgan fingerprint density at radius 3 is 2.45 bits per heavy atom. The lowest BCUT2D eigenvalue weighted by atomic mass is 9.96. The van der Waals surface area contributed by atoms with Crippen molar-refractivity contribution in [3.05, 3.63) is 42.0 Å². The minimum Gasteiger partial charge on any atom is -0.323 e. The van der Waals surface area contributed by atoms with E-state index in [4.69, 9.17) is 4.99 Å². The molecule has 1 atom stereocenters. The molecule has 1 aromatic rings. The number of hydrogen-bond donors (Lipinski definition) is 1. The first-order valence-corrected chi connectivity index (χ1v) is 12.3. The number of urea groups is 1. The summed E-state index contributed by atoms with van der Waals surface area (Å²) in [7, 11) is 0. The smallest absolute Gasteiger partial charge is 0.322 e. The summed E-state index contributed by atoms with van der Waals surface area (Å²) in [6.07, 6.45) is 11.3. The lowest BCUT2D eigenvalue weighted by Gasteiger charge is -2.25. The molecule has 5 nitrogen and oxygen atoms in total. The van der Waals surface area contributed by atoms with Crippen LogP contribution in [0, 0.1) is 0 Å². The molecule has 2 amide bonds. The molecule has 1 unspecified atom stereocenters. The molecule has 0 radical (unpaired) electrons. The number of allylic oxidation sites excluding steroid dienone is 1. The summed E-state index contributed by atoms with van der Waals surface area (Å²) in [4.78, 5) is 22.6. The molecule has 1 N–H and O–H groups in total. The highest BCUT2D eigenvalue weighted by Gasteiger charge is 2.22. The van der Waals surface area contributed by atoms with Crippen molar-refractivity contribution in [2.24, 2.45) is 4.99 Å². The van der Waals surface area contributed by atoms with Crippen LogP contribution in [-0.4, -0.2) is 53.9 Å². The van der Waals surface area contributed by atoms with Gasteiger partial charge in [0.05, 0.1) is 6.04 Å². The molecule has 0 spiro atoms. The Hall–Kier alpha value is -2.14. The zero-order chi connectivity index (χ0) is 21.5. The Morgan fingerprint density at radius 2 is 1.65 bits per heavy atom. The van der Waals surface area contributed by atoms with E-state index in [0.29, 0.717) is 6.04 Å². The lowest BCUT2D eigenvalue weighted by molar-refractivity contribution is 0.187. The van der Waals surface area contributed by atoms with Gasteiger partial charge in [0.2, 0.25) is 0 Å². The molecule has 1 saturated heterocycles. The van der Waals surface area contributed by atoms with Gasteiger partial charge in [-0.1, -0.05) is 56.5 Å². The van der Waals surface area contributed by atoms with Gasteiger partial charge in [0.1, 0.15) is 5.84 Å². The molecule has 1 aromatic carbocycles. The van der Waals surface area contributed by atoms with Gasteiger partial charge in [-0.05, 0) is 48.8 Å². The van der Waals surface area contributed by atoms with Gasteiger partial charge < -0.3 is 4.90 Å². The van der Waals surface area contributed by atoms with Crippen LogP contribution in [0.2, 0.25) is 0 Å². The van der Waals surface area contributed by atoms with E-state index in [2.05, 4.69) is 41.1 Å². The Kier molecular flexibility index (Phi) is 7.79. The summed E-state index contributed by atoms with van der Waals surface area (Å²) >= 11 is 0. The number of nitrogens with one attached hydrogen (secondary N) is 1. The second-order valence-corrected chi connectivity index (χ2v) is 9.42. The average molecular weight is 423 g/mol. The second kappa shape index (κ2) is 10.9. The number of amidine groups is 1. The van der Waals surface area contributed by atoms with Gasteiger partial charge in [-0.15, -0.1) is 0 Å². The van der Waals surface area contributed by atoms with E-state index in [1.807, 2.05) is 4.90 Å². The van der Waals surface area contributed by atoms with Gasteiger partial charge >= 0.3 is 6.03 Å². The summed E-state index contributed by atoms with van der Waals surface area (Å²) in [6, 6.07) is 9.34. The fourth-order valence-electron chi connectivity index (χ4n) is 4.97. The zero-order valence-electron chi connectivity index (χ0n) is 19.0. The highest BCUT2D eigenvalue weighted by Crippen LogP contribution is 2.22. The minimum atomic E-state index is 0.0362. The molecule has 5 rings (SSSR count). The highest BCUT2D eigenvalue weighted by atomic mass is 16.2. The minimum absolute atomic E-state index is 0.0362. The van der Waals surface area contributed by atoms with Crippen LogP contribution in [0.1, 0.15) is 75.3 Å². The van der Waals surface area contributed by atoms with Crippen LogP contribution in [0.25, 0.3) is 5.57 Å². The second-order valence-electron chi connectivity index (χ2n) is 9.42. The van der Waals surface area contributed by atoms with Crippen molar-refractivity contribution < 1.29 is 4.79 Å². The van der Waals surface area contributed by atoms with Crippen LogP contribution in [0.5, 0.6) is 0 Å². The highest BCUT2D eigenvalue weighted by molar-refractivity contribution is 5.97. The zero-order valence-corrected chi connectivity index (χ0v) is 19.0. The van der Waals surface area contributed by atoms with E-state index >= 15 is 0 Å². The van der Waals surface area contributed by atoms with Crippen LogP contribution in [-0.2, 0) is 6.54 Å². The Bertz CT molecular complexity index is 779. The number of carbonyl (C=O) groups is 1. The Balaban J connectivity index is 1.54. The summed E-state index contributed by atoms with van der Waals surface area (Å²) in [5.74, 6) is 0.890. The van der Waals surface area contributed by atoms with E-state index in [-0.39, 0.29) is 6.03 Å². The molecule has 2 fully saturated rings. The number of nitrogens with zero attached hydrogens (tertiary/aromatic N) is 3. The summed E-state index contributed by atoms with van der Waals surface area (Å²) in [5.41, 5.74) is 3.80. The molecule has 168 valence electrons. The monoisotopic (exact) mass is 422 g/mol. The van der Waals surface area contributed by atoms with Crippen molar-refractivity contribution in [3.8, 4) is 0 Å². The predicted molar refractivity (Wildman–Crippen MR) is 128 cm³/mol. The van der Waals surface area contributed by atoms with Gasteiger partial charge in [-0.3, -0.25) is 15.2 Å². The number of amides is 2. The van der Waals surface area contributed by atoms with Gasteiger partial charge in [0, 0.05) is 39.1 Å². The third-order valence-electron chi connectivity index (χ3n) is 6.98. The number of fused-ring (bicyclic) bond motifs is 7.